The first-order valence-electron chi connectivity index (χ1n) is 1.97. The third kappa shape index (κ3) is 431. The molecule has 0 rings (SSSR count). The van der Waals surface area contributed by atoms with E-state index in [0.29, 0.717) is 0 Å². The predicted molar refractivity (Wildman–Crippen MR) is 40.0 cm³/mol. The van der Waals surface area contributed by atoms with E-state index >= 15 is 0 Å². The monoisotopic (exact) mass is 421 g/mol. The first kappa shape index (κ1) is 29.4. The molecule has 11 heavy (non-hydrogen) atoms. The van der Waals surface area contributed by atoms with Crippen molar-refractivity contribution in [3.8, 4) is 0 Å². The summed E-state index contributed by atoms with van der Waals surface area (Å²) >= 11 is 0. The van der Waals surface area contributed by atoms with Crippen molar-refractivity contribution in [2.45, 2.75) is 0 Å². The standard InChI is InChI=1S/2C2H6OS.2ClH.Pt/c2*1-4(2)3;;;/h2*1-2H3;2*1H;/q;;;;+2/p-2. The molecule has 0 aliphatic rings. The maximum atomic E-state index is 9.56. The molecule has 0 radical (unpaired) electrons. The van der Waals surface area contributed by atoms with Gasteiger partial charge in [0.2, 0.25) is 0 Å². The Kier molecular flexibility index (Phi) is 60.2. The van der Waals surface area contributed by atoms with Crippen LogP contribution in [0.25, 0.3) is 0 Å². The Morgan fingerprint density at radius 3 is 0.727 bits per heavy atom. The van der Waals surface area contributed by atoms with Crippen LogP contribution in [-0.2, 0) is 42.7 Å². The summed E-state index contributed by atoms with van der Waals surface area (Å²) in [6.45, 7) is 0. The zero-order valence-electron chi connectivity index (χ0n) is 6.71. The minimum Gasteiger partial charge on any atom is -1.00 e. The maximum absolute atomic E-state index is 9.56. The van der Waals surface area contributed by atoms with Gasteiger partial charge in [0.1, 0.15) is 0 Å². The van der Waals surface area contributed by atoms with Gasteiger partial charge in [0.05, 0.1) is 0 Å². The Labute approximate surface area is 100 Å². The van der Waals surface area contributed by atoms with Gasteiger partial charge in [-0.1, -0.05) is 0 Å². The van der Waals surface area contributed by atoms with Crippen LogP contribution in [0.2, 0.25) is 0 Å². The summed E-state index contributed by atoms with van der Waals surface area (Å²) in [5.41, 5.74) is 0. The van der Waals surface area contributed by atoms with Crippen molar-refractivity contribution in [3.05, 3.63) is 0 Å². The van der Waals surface area contributed by atoms with Gasteiger partial charge in [0, 0.05) is 46.6 Å². The van der Waals surface area contributed by atoms with Crippen LogP contribution in [0.4, 0.5) is 0 Å². The molecule has 0 fully saturated rings. The molecule has 0 spiro atoms. The quantitative estimate of drug-likeness (QED) is 0.390. The predicted octanol–water partition coefficient (Wildman–Crippen LogP) is -6.01. The molecule has 2 nitrogen and oxygen atoms in total. The average molecular weight is 422 g/mol. The number of hydrogen-bond acceptors (Lipinski definition) is 2. The second-order valence-corrected chi connectivity index (χ2v) is 4.45. The molecule has 0 unspecified atom stereocenters. The summed E-state index contributed by atoms with van der Waals surface area (Å²) in [4.78, 5) is 0. The molecule has 0 saturated carbocycles. The van der Waals surface area contributed by atoms with Gasteiger partial charge in [-0.25, -0.2) is 0 Å². The Hall–Kier alpha value is 1.57. The molecule has 0 saturated heterocycles. The van der Waals surface area contributed by atoms with Crippen molar-refractivity contribution in [1.82, 2.24) is 0 Å². The van der Waals surface area contributed by atoms with E-state index in [4.69, 9.17) is 0 Å². The van der Waals surface area contributed by atoms with Crippen LogP contribution in [-0.4, -0.2) is 33.4 Å². The summed E-state index contributed by atoms with van der Waals surface area (Å²) in [7, 11) is -1.22. The van der Waals surface area contributed by atoms with Crippen molar-refractivity contribution in [2.24, 2.45) is 0 Å². The van der Waals surface area contributed by atoms with E-state index in [9.17, 15) is 8.42 Å². The molecule has 0 heterocycles. The van der Waals surface area contributed by atoms with Crippen molar-refractivity contribution in [2.75, 3.05) is 25.0 Å². The van der Waals surface area contributed by atoms with Crippen molar-refractivity contribution in [1.29, 1.82) is 0 Å². The normalized spacial score (nSPS) is 6.36. The van der Waals surface area contributed by atoms with Gasteiger partial charge in [-0.15, -0.1) is 0 Å². The Morgan fingerprint density at radius 1 is 0.727 bits per heavy atom. The van der Waals surface area contributed by atoms with Crippen LogP contribution >= 0.6 is 0 Å². The van der Waals surface area contributed by atoms with E-state index < -0.39 is 21.6 Å². The molecule has 0 aromatic carbocycles. The third-order valence-electron chi connectivity index (χ3n) is 0. The van der Waals surface area contributed by atoms with Gasteiger partial charge in [0.15, 0.2) is 0 Å². The van der Waals surface area contributed by atoms with Crippen LogP contribution < -0.4 is 24.8 Å². The summed E-state index contributed by atoms with van der Waals surface area (Å²) in [5, 5.41) is 0. The van der Waals surface area contributed by atoms with E-state index in [1.165, 1.54) is 0 Å². The van der Waals surface area contributed by atoms with Crippen molar-refractivity contribution < 1.29 is 54.3 Å². The van der Waals surface area contributed by atoms with E-state index in [2.05, 4.69) is 0 Å². The average Bonchev–Trinajstić information content (AvgIpc) is 1.25. The van der Waals surface area contributed by atoms with Crippen LogP contribution in [0.5, 0.6) is 0 Å². The summed E-state index contributed by atoms with van der Waals surface area (Å²) in [5.74, 6) is 0. The van der Waals surface area contributed by atoms with Gasteiger partial charge < -0.3 is 24.8 Å². The molecule has 0 bridgehead atoms. The molecule has 0 aromatic heterocycles. The molecule has 0 N–H and O–H groups in total. The second kappa shape index (κ2) is 22.6. The molecule has 76 valence electrons. The Balaban J connectivity index is -0.0000000171. The number of hydrogen-bond donors (Lipinski definition) is 0. The van der Waals surface area contributed by atoms with E-state index in [0.717, 1.165) is 0 Å². The fourth-order valence-electron chi connectivity index (χ4n) is 0. The largest absolute Gasteiger partial charge is 2.00 e. The van der Waals surface area contributed by atoms with Gasteiger partial charge in [-0.05, 0) is 0 Å². The smallest absolute Gasteiger partial charge is 1.00 e. The maximum Gasteiger partial charge on any atom is 2.00 e. The summed E-state index contributed by atoms with van der Waals surface area (Å²) in [6.07, 6.45) is 6.56. The molecule has 0 aliphatic heterocycles. The Morgan fingerprint density at radius 2 is 0.727 bits per heavy atom. The minimum absolute atomic E-state index is 0. The summed E-state index contributed by atoms with van der Waals surface area (Å²) < 4.78 is 19.1. The zero-order valence-corrected chi connectivity index (χ0v) is 12.1. The molecular weight excluding hydrogens is 410 g/mol. The van der Waals surface area contributed by atoms with Crippen LogP contribution in [0.15, 0.2) is 0 Å². The fourth-order valence-corrected chi connectivity index (χ4v) is 0. The first-order chi connectivity index (χ1) is 3.46. The topological polar surface area (TPSA) is 34.1 Å². The molecule has 0 amide bonds. The van der Waals surface area contributed by atoms with Crippen LogP contribution in [0, 0.1) is 0 Å². The van der Waals surface area contributed by atoms with Gasteiger partial charge >= 0.3 is 21.1 Å². The third-order valence-corrected chi connectivity index (χ3v) is 0. The molecular formula is C4H12Cl2O2PtS2. The minimum atomic E-state index is -0.611. The van der Waals surface area contributed by atoms with Crippen molar-refractivity contribution in [3.63, 3.8) is 0 Å². The first-order valence-corrected chi connectivity index (χ1v) is 5.90. The molecule has 7 heteroatoms. The molecule has 0 atom stereocenters. The second-order valence-electron chi connectivity index (χ2n) is 1.48. The SMILES string of the molecule is CS(C)=O.CS(C)=O.[Cl-].[Cl-].[Pt+2]. The molecule has 0 aromatic rings. The zero-order chi connectivity index (χ0) is 7.15. The van der Waals surface area contributed by atoms with E-state index in [1.54, 1.807) is 25.0 Å². The van der Waals surface area contributed by atoms with Gasteiger partial charge in [-0.3, -0.25) is 8.42 Å². The van der Waals surface area contributed by atoms with Crippen LogP contribution in [0.3, 0.4) is 0 Å². The molecule has 0 aliphatic carbocycles. The number of halogens is 2. The number of rotatable bonds is 0. The Bertz CT molecular complexity index is 82.1. The van der Waals surface area contributed by atoms with E-state index in [-0.39, 0.29) is 45.9 Å². The van der Waals surface area contributed by atoms with Gasteiger partial charge in [0.25, 0.3) is 0 Å². The fraction of sp³-hybridized carbons (Fsp3) is 1.00. The van der Waals surface area contributed by atoms with E-state index in [1.807, 2.05) is 0 Å². The van der Waals surface area contributed by atoms with Crippen molar-refractivity contribution >= 4 is 21.6 Å². The van der Waals surface area contributed by atoms with Crippen LogP contribution in [0.1, 0.15) is 0 Å². The summed E-state index contributed by atoms with van der Waals surface area (Å²) in [6, 6.07) is 0. The van der Waals surface area contributed by atoms with Gasteiger partial charge in [-0.2, -0.15) is 0 Å².